The molecule has 0 N–H and O–H groups in total. The summed E-state index contributed by atoms with van der Waals surface area (Å²) in [5, 5.41) is 0.616. The first-order chi connectivity index (χ1) is 17.0. The van der Waals surface area contributed by atoms with Crippen LogP contribution in [0, 0.1) is 5.92 Å². The molecule has 2 aromatic rings. The molecule has 0 aromatic heterocycles. The van der Waals surface area contributed by atoms with E-state index >= 15 is 0 Å². The fourth-order valence-electron chi connectivity index (χ4n) is 5.81. The van der Waals surface area contributed by atoms with Gasteiger partial charge in [0.1, 0.15) is 0 Å². The van der Waals surface area contributed by atoms with E-state index < -0.39 is 0 Å². The number of nitrogens with zero attached hydrogens (tertiary/aromatic N) is 3. The van der Waals surface area contributed by atoms with Gasteiger partial charge in [0, 0.05) is 36.6 Å². The molecule has 6 nitrogen and oxygen atoms in total. The number of likely N-dealkylation sites (tertiary alicyclic amines) is 1. The van der Waals surface area contributed by atoms with Gasteiger partial charge in [-0.25, -0.2) is 0 Å². The first kappa shape index (κ1) is 23.9. The predicted molar refractivity (Wildman–Crippen MR) is 137 cm³/mol. The Morgan fingerprint density at radius 3 is 2.40 bits per heavy atom. The molecule has 3 heterocycles. The zero-order valence-corrected chi connectivity index (χ0v) is 21.0. The van der Waals surface area contributed by atoms with E-state index in [2.05, 4.69) is 16.7 Å². The zero-order chi connectivity index (χ0) is 24.5. The van der Waals surface area contributed by atoms with E-state index in [1.807, 2.05) is 24.3 Å². The number of hydrogen-bond donors (Lipinski definition) is 0. The van der Waals surface area contributed by atoms with Crippen LogP contribution in [0.1, 0.15) is 71.7 Å². The first-order valence-corrected chi connectivity index (χ1v) is 13.1. The molecule has 2 aromatic carbocycles. The second kappa shape index (κ2) is 10.0. The number of imide groups is 1. The lowest BCUT2D eigenvalue weighted by Gasteiger charge is -2.40. The molecule has 7 heteroatoms. The molecule has 0 spiro atoms. The molecule has 3 aliphatic rings. The maximum Gasteiger partial charge on any atom is 0.263 e. The molecule has 184 valence electrons. The van der Waals surface area contributed by atoms with Crippen LogP contribution in [0.2, 0.25) is 5.02 Å². The number of hydrogen-bond acceptors (Lipinski definition) is 4. The van der Waals surface area contributed by atoms with Crippen molar-refractivity contribution < 1.29 is 14.4 Å². The molecule has 35 heavy (non-hydrogen) atoms. The number of benzene rings is 2. The number of fused-ring (bicyclic) bond motifs is 1. The highest BCUT2D eigenvalue weighted by Gasteiger charge is 2.39. The average molecular weight is 494 g/mol. The second-order valence-electron chi connectivity index (χ2n) is 9.87. The van der Waals surface area contributed by atoms with Gasteiger partial charge in [-0.2, -0.15) is 0 Å². The van der Waals surface area contributed by atoms with E-state index in [1.165, 1.54) is 11.3 Å². The van der Waals surface area contributed by atoms with E-state index in [0.29, 0.717) is 41.2 Å². The Morgan fingerprint density at radius 2 is 1.69 bits per heavy atom. The highest BCUT2D eigenvalue weighted by atomic mass is 35.5. The third kappa shape index (κ3) is 4.56. The standard InChI is InChI=1S/C28H32ClN3O3/c1-2-22-6-3-4-15-31(22)26(33)20-13-16-30(17-14-20)24-8-5-7-23-25(24)28(35)32(27(23)34)18-19-9-11-21(29)12-10-19/h5,7-12,20,22H,2-4,6,13-18H2,1H3/t22-/m1/s1. The van der Waals surface area contributed by atoms with Crippen molar-refractivity contribution in [2.24, 2.45) is 5.92 Å². The lowest BCUT2D eigenvalue weighted by molar-refractivity contribution is -0.140. The van der Waals surface area contributed by atoms with Crippen LogP contribution in [0.15, 0.2) is 42.5 Å². The summed E-state index contributed by atoms with van der Waals surface area (Å²) in [6.45, 7) is 4.67. The molecular formula is C28H32ClN3O3. The molecule has 5 rings (SSSR count). The van der Waals surface area contributed by atoms with Gasteiger partial charge in [0.15, 0.2) is 0 Å². The fraction of sp³-hybridized carbons (Fsp3) is 0.464. The minimum Gasteiger partial charge on any atom is -0.371 e. The number of anilines is 1. The molecule has 0 radical (unpaired) electrons. The number of carbonyl (C=O) groups is 3. The van der Waals surface area contributed by atoms with Crippen molar-refractivity contribution in [3.8, 4) is 0 Å². The van der Waals surface area contributed by atoms with Crippen molar-refractivity contribution >= 4 is 35.0 Å². The largest absolute Gasteiger partial charge is 0.371 e. The van der Waals surface area contributed by atoms with E-state index in [0.717, 1.165) is 49.9 Å². The van der Waals surface area contributed by atoms with Crippen LogP contribution >= 0.6 is 11.6 Å². The number of rotatable bonds is 5. The van der Waals surface area contributed by atoms with Gasteiger partial charge in [0.05, 0.1) is 23.4 Å². The maximum atomic E-state index is 13.4. The van der Waals surface area contributed by atoms with Crippen LogP contribution in [0.5, 0.6) is 0 Å². The Labute approximate surface area is 211 Å². The van der Waals surface area contributed by atoms with Gasteiger partial charge < -0.3 is 9.80 Å². The molecule has 3 amide bonds. The molecule has 0 saturated carbocycles. The topological polar surface area (TPSA) is 60.9 Å². The molecule has 0 bridgehead atoms. The van der Waals surface area contributed by atoms with Gasteiger partial charge in [-0.15, -0.1) is 0 Å². The third-order valence-electron chi connectivity index (χ3n) is 7.80. The summed E-state index contributed by atoms with van der Waals surface area (Å²) in [6.07, 6.45) is 5.98. The Kier molecular flexibility index (Phi) is 6.83. The maximum absolute atomic E-state index is 13.4. The summed E-state index contributed by atoms with van der Waals surface area (Å²) in [5.41, 5.74) is 2.60. The molecule has 0 aliphatic carbocycles. The van der Waals surface area contributed by atoms with Gasteiger partial charge in [-0.05, 0) is 68.4 Å². The molecule has 0 unspecified atom stereocenters. The minimum atomic E-state index is -0.262. The van der Waals surface area contributed by atoms with Gasteiger partial charge in [0.25, 0.3) is 11.8 Å². The van der Waals surface area contributed by atoms with Crippen LogP contribution in [0.3, 0.4) is 0 Å². The van der Waals surface area contributed by atoms with Crippen LogP contribution in [-0.2, 0) is 11.3 Å². The fourth-order valence-corrected chi connectivity index (χ4v) is 5.94. The Hall–Kier alpha value is -2.86. The van der Waals surface area contributed by atoms with Crippen LogP contribution < -0.4 is 4.90 Å². The number of piperidine rings is 2. The molecule has 1 atom stereocenters. The summed E-state index contributed by atoms with van der Waals surface area (Å²) in [4.78, 5) is 45.4. The summed E-state index contributed by atoms with van der Waals surface area (Å²) < 4.78 is 0. The molecule has 2 fully saturated rings. The molecule has 2 saturated heterocycles. The van der Waals surface area contributed by atoms with E-state index in [9.17, 15) is 14.4 Å². The van der Waals surface area contributed by atoms with E-state index in [4.69, 9.17) is 11.6 Å². The van der Waals surface area contributed by atoms with Crippen molar-refractivity contribution in [1.29, 1.82) is 0 Å². The van der Waals surface area contributed by atoms with Crippen molar-refractivity contribution in [3.05, 3.63) is 64.2 Å². The highest BCUT2D eigenvalue weighted by molar-refractivity contribution is 6.30. The van der Waals surface area contributed by atoms with Crippen LogP contribution in [0.25, 0.3) is 0 Å². The number of amides is 3. The first-order valence-electron chi connectivity index (χ1n) is 12.8. The van der Waals surface area contributed by atoms with Gasteiger partial charge >= 0.3 is 0 Å². The van der Waals surface area contributed by atoms with Gasteiger partial charge in [0.2, 0.25) is 5.91 Å². The normalized spacial score (nSPS) is 21.0. The van der Waals surface area contributed by atoms with Crippen molar-refractivity contribution in [3.63, 3.8) is 0 Å². The average Bonchev–Trinajstić information content (AvgIpc) is 3.14. The van der Waals surface area contributed by atoms with Gasteiger partial charge in [-0.1, -0.05) is 36.7 Å². The lowest BCUT2D eigenvalue weighted by atomic mass is 9.91. The van der Waals surface area contributed by atoms with E-state index in [-0.39, 0.29) is 24.3 Å². The smallest absolute Gasteiger partial charge is 0.263 e. The zero-order valence-electron chi connectivity index (χ0n) is 20.2. The summed E-state index contributed by atoms with van der Waals surface area (Å²) in [5.74, 6) is -0.181. The minimum absolute atomic E-state index is 0.0360. The summed E-state index contributed by atoms with van der Waals surface area (Å²) in [7, 11) is 0. The summed E-state index contributed by atoms with van der Waals surface area (Å²) >= 11 is 5.98. The third-order valence-corrected chi connectivity index (χ3v) is 8.05. The molecule has 3 aliphatic heterocycles. The Bertz CT molecular complexity index is 1120. The van der Waals surface area contributed by atoms with Crippen molar-refractivity contribution in [2.45, 2.75) is 58.0 Å². The highest BCUT2D eigenvalue weighted by Crippen LogP contribution is 2.35. The second-order valence-corrected chi connectivity index (χ2v) is 10.3. The van der Waals surface area contributed by atoms with Gasteiger partial charge in [-0.3, -0.25) is 19.3 Å². The Morgan fingerprint density at radius 1 is 0.943 bits per heavy atom. The predicted octanol–water partition coefficient (Wildman–Crippen LogP) is 5.14. The monoisotopic (exact) mass is 493 g/mol. The summed E-state index contributed by atoms with van der Waals surface area (Å²) in [6, 6.07) is 13.1. The SMILES string of the molecule is CC[C@@H]1CCCCN1C(=O)C1CCN(c2cccc3c2C(=O)N(Cc2ccc(Cl)cc2)C3=O)CC1. The van der Waals surface area contributed by atoms with Crippen molar-refractivity contribution in [1.82, 2.24) is 9.80 Å². The number of carbonyl (C=O) groups excluding carboxylic acids is 3. The van der Waals surface area contributed by atoms with Crippen LogP contribution in [0.4, 0.5) is 5.69 Å². The van der Waals surface area contributed by atoms with Crippen molar-refractivity contribution in [2.75, 3.05) is 24.5 Å². The Balaban J connectivity index is 1.29. The lowest BCUT2D eigenvalue weighted by Crippen LogP contribution is -2.48. The quantitative estimate of drug-likeness (QED) is 0.541. The van der Waals surface area contributed by atoms with E-state index in [1.54, 1.807) is 18.2 Å². The van der Waals surface area contributed by atoms with Crippen LogP contribution in [-0.4, -0.2) is 53.2 Å². The molecular weight excluding hydrogens is 462 g/mol. The number of halogens is 1.